The predicted molar refractivity (Wildman–Crippen MR) is 150 cm³/mol. The van der Waals surface area contributed by atoms with Crippen LogP contribution in [-0.2, 0) is 46.1 Å². The van der Waals surface area contributed by atoms with Crippen molar-refractivity contribution in [3.05, 3.63) is 59.2 Å². The van der Waals surface area contributed by atoms with E-state index in [0.717, 1.165) is 50.6 Å². The highest BCUT2D eigenvalue weighted by molar-refractivity contribution is 6.61. The van der Waals surface area contributed by atoms with Crippen molar-refractivity contribution in [2.24, 2.45) is 0 Å². The molecule has 1 N–H and O–H groups in total. The lowest BCUT2D eigenvalue weighted by atomic mass is 9.76. The van der Waals surface area contributed by atoms with Crippen molar-refractivity contribution in [3.8, 4) is 0 Å². The maximum absolute atomic E-state index is 13.4. The zero-order valence-corrected chi connectivity index (χ0v) is 22.9. The zero-order chi connectivity index (χ0) is 28.0. The maximum Gasteiger partial charge on any atom is 0.493 e. The Hall–Kier alpha value is -1.89. The summed E-state index contributed by atoms with van der Waals surface area (Å²) in [5.41, 5.74) is 2.57. The van der Waals surface area contributed by atoms with Crippen LogP contribution in [0, 0.1) is 11.6 Å². The minimum Gasteiger partial charge on any atom is -0.423 e. The fraction of sp³-hybridized carbons (Fsp3) is 0.571. The number of hydrogen-bond acceptors (Lipinski definition) is 8. The standard InChI is InChI=1S/C14H20BFO4.C13H18BFO4.CH4/c1-17-15(18-2)13-7-6-12(16)9-11(13)10-20-14-5-3-4-8-19-14;1-17-14(16)12-6-5-11(15)8-10(12)9-19-13-4-2-3-7-18-13;/h6-7,9,14H,3-5,8,10H2,1-2H3;5-6,8,13,16H,2-4,7,9H2,1H3;1H4. The topological polar surface area (TPSA) is 84.8 Å². The number of hydrogen-bond donors (Lipinski definition) is 1. The van der Waals surface area contributed by atoms with Gasteiger partial charge in [-0.3, -0.25) is 0 Å². The minimum absolute atomic E-state index is 0. The summed E-state index contributed by atoms with van der Waals surface area (Å²) in [4.78, 5) is 0. The van der Waals surface area contributed by atoms with Gasteiger partial charge >= 0.3 is 14.2 Å². The lowest BCUT2D eigenvalue weighted by Crippen LogP contribution is -2.38. The van der Waals surface area contributed by atoms with E-state index in [4.69, 9.17) is 32.9 Å². The Kier molecular flexibility index (Phi) is 15.9. The molecule has 2 aromatic carbocycles. The molecule has 2 aliphatic rings. The maximum atomic E-state index is 13.4. The Bertz CT molecular complexity index is 987. The molecule has 8 nitrogen and oxygen atoms in total. The second-order valence-electron chi connectivity index (χ2n) is 9.29. The van der Waals surface area contributed by atoms with E-state index >= 15 is 0 Å². The molecule has 0 amide bonds. The van der Waals surface area contributed by atoms with Crippen molar-refractivity contribution in [1.82, 2.24) is 0 Å². The Morgan fingerprint density at radius 1 is 0.750 bits per heavy atom. The van der Waals surface area contributed by atoms with Crippen molar-refractivity contribution < 1.29 is 46.7 Å². The summed E-state index contributed by atoms with van der Waals surface area (Å²) < 4.78 is 64.3. The van der Waals surface area contributed by atoms with Crippen molar-refractivity contribution in [1.29, 1.82) is 0 Å². The van der Waals surface area contributed by atoms with Gasteiger partial charge in [0.1, 0.15) is 11.6 Å². The minimum atomic E-state index is -1.08. The number of benzene rings is 2. The lowest BCUT2D eigenvalue weighted by Gasteiger charge is -2.23. The van der Waals surface area contributed by atoms with E-state index in [1.807, 2.05) is 0 Å². The SMILES string of the molecule is C.COB(O)c1ccc(F)cc1COC1CCCCO1.COB(OC)c1ccc(F)cc1COC1CCCCO1. The first-order chi connectivity index (χ1) is 18.9. The van der Waals surface area contributed by atoms with E-state index < -0.39 is 14.2 Å². The van der Waals surface area contributed by atoms with Gasteiger partial charge in [0.05, 0.1) is 13.2 Å². The number of ether oxygens (including phenoxy) is 4. The van der Waals surface area contributed by atoms with E-state index in [1.165, 1.54) is 37.4 Å². The first kappa shape index (κ1) is 34.3. The van der Waals surface area contributed by atoms with Gasteiger partial charge in [-0.05, 0) is 84.8 Å². The Balaban J connectivity index is 0.000000274. The molecule has 0 saturated carbocycles. The lowest BCUT2D eigenvalue weighted by molar-refractivity contribution is -0.169. The van der Waals surface area contributed by atoms with Crippen molar-refractivity contribution >= 4 is 25.2 Å². The smallest absolute Gasteiger partial charge is 0.423 e. The van der Waals surface area contributed by atoms with Gasteiger partial charge in [0, 0.05) is 34.5 Å². The average molecular weight is 566 g/mol. The van der Waals surface area contributed by atoms with E-state index in [0.29, 0.717) is 23.2 Å². The molecule has 0 bridgehead atoms. The first-order valence-corrected chi connectivity index (χ1v) is 13.2. The fourth-order valence-corrected chi connectivity index (χ4v) is 4.40. The Morgan fingerprint density at radius 2 is 1.23 bits per heavy atom. The van der Waals surface area contributed by atoms with Gasteiger partial charge < -0.3 is 37.9 Å². The second kappa shape index (κ2) is 18.5. The van der Waals surface area contributed by atoms with Crippen molar-refractivity contribution in [2.75, 3.05) is 34.5 Å². The van der Waals surface area contributed by atoms with Crippen LogP contribution < -0.4 is 10.9 Å². The Labute approximate surface area is 237 Å². The average Bonchev–Trinajstić information content (AvgIpc) is 2.97. The molecule has 4 rings (SSSR count). The molecule has 0 aliphatic carbocycles. The third-order valence-corrected chi connectivity index (χ3v) is 6.51. The largest absolute Gasteiger partial charge is 0.493 e. The molecular formula is C28H42B2F2O8. The molecule has 2 aliphatic heterocycles. The molecule has 2 unspecified atom stereocenters. The van der Waals surface area contributed by atoms with Crippen LogP contribution in [0.25, 0.3) is 0 Å². The van der Waals surface area contributed by atoms with Crippen LogP contribution in [0.5, 0.6) is 0 Å². The van der Waals surface area contributed by atoms with Gasteiger partial charge in [0.15, 0.2) is 12.6 Å². The monoisotopic (exact) mass is 566 g/mol. The van der Waals surface area contributed by atoms with Crippen molar-refractivity contribution in [2.45, 2.75) is 71.7 Å². The molecule has 12 heteroatoms. The molecule has 2 saturated heterocycles. The molecule has 2 aromatic rings. The summed E-state index contributed by atoms with van der Waals surface area (Å²) in [5.74, 6) is -0.668. The van der Waals surface area contributed by atoms with Gasteiger partial charge in [0.25, 0.3) is 0 Å². The third-order valence-electron chi connectivity index (χ3n) is 6.51. The van der Waals surface area contributed by atoms with Gasteiger partial charge in [-0.25, -0.2) is 8.78 Å². The van der Waals surface area contributed by atoms with Gasteiger partial charge in [0.2, 0.25) is 0 Å². The fourth-order valence-electron chi connectivity index (χ4n) is 4.40. The van der Waals surface area contributed by atoms with E-state index in [9.17, 15) is 13.8 Å². The molecule has 0 spiro atoms. The summed E-state index contributed by atoms with van der Waals surface area (Å²) >= 11 is 0. The molecule has 222 valence electrons. The van der Waals surface area contributed by atoms with Gasteiger partial charge in [-0.1, -0.05) is 19.6 Å². The molecule has 2 fully saturated rings. The molecule has 2 heterocycles. The molecule has 2 atom stereocenters. The normalized spacial score (nSPS) is 18.8. The summed E-state index contributed by atoms with van der Waals surface area (Å²) in [5, 5.41) is 9.71. The molecule has 40 heavy (non-hydrogen) atoms. The van der Waals surface area contributed by atoms with E-state index in [2.05, 4.69) is 0 Å². The molecule has 0 radical (unpaired) electrons. The third kappa shape index (κ3) is 10.8. The zero-order valence-electron chi connectivity index (χ0n) is 22.9. The highest BCUT2D eigenvalue weighted by atomic mass is 19.1. The van der Waals surface area contributed by atoms with Gasteiger partial charge in [-0.15, -0.1) is 0 Å². The molecule has 0 aromatic heterocycles. The summed E-state index contributed by atoms with van der Waals surface area (Å²) in [7, 11) is 2.88. The molecular weight excluding hydrogens is 524 g/mol. The van der Waals surface area contributed by atoms with Gasteiger partial charge in [-0.2, -0.15) is 0 Å². The summed E-state index contributed by atoms with van der Waals surface area (Å²) in [6.07, 6.45) is 5.56. The van der Waals surface area contributed by atoms with Crippen molar-refractivity contribution in [3.63, 3.8) is 0 Å². The van der Waals surface area contributed by atoms with Crippen LogP contribution in [0.15, 0.2) is 36.4 Å². The van der Waals surface area contributed by atoms with Crippen LogP contribution in [0.4, 0.5) is 8.78 Å². The second-order valence-corrected chi connectivity index (χ2v) is 9.29. The van der Waals surface area contributed by atoms with Crippen LogP contribution in [-0.4, -0.2) is 66.4 Å². The highest BCUT2D eigenvalue weighted by Gasteiger charge is 2.24. The summed E-state index contributed by atoms with van der Waals surface area (Å²) in [6, 6.07) is 8.64. The number of rotatable bonds is 11. The summed E-state index contributed by atoms with van der Waals surface area (Å²) in [6.45, 7) is 1.89. The highest BCUT2D eigenvalue weighted by Crippen LogP contribution is 2.17. The quantitative estimate of drug-likeness (QED) is 0.413. The number of halogens is 2. The van der Waals surface area contributed by atoms with Crippen LogP contribution in [0.1, 0.15) is 57.1 Å². The van der Waals surface area contributed by atoms with E-state index in [-0.39, 0.29) is 44.9 Å². The van der Waals surface area contributed by atoms with Crippen LogP contribution in [0.2, 0.25) is 0 Å². The predicted octanol–water partition coefficient (Wildman–Crippen LogP) is 3.70. The van der Waals surface area contributed by atoms with Crippen LogP contribution >= 0.6 is 0 Å². The first-order valence-electron chi connectivity index (χ1n) is 13.2. The Morgan fingerprint density at radius 3 is 1.65 bits per heavy atom. The van der Waals surface area contributed by atoms with E-state index in [1.54, 1.807) is 20.3 Å². The van der Waals surface area contributed by atoms with Crippen LogP contribution in [0.3, 0.4) is 0 Å².